The molecule has 1 atom stereocenters. The van der Waals surface area contributed by atoms with Crippen LogP contribution in [0.1, 0.15) is 6.92 Å². The molecule has 0 aromatic rings. The average Bonchev–Trinajstić information content (AvgIpc) is 1.83. The van der Waals surface area contributed by atoms with E-state index >= 15 is 0 Å². The zero-order chi connectivity index (χ0) is 6.41. The van der Waals surface area contributed by atoms with Gasteiger partial charge in [-0.2, -0.15) is 0 Å². The Morgan fingerprint density at radius 2 is 2.50 bits per heavy atom. The molecule has 0 bridgehead atoms. The molecular formula is C6H12O2. The molecule has 0 aliphatic heterocycles. The molecule has 0 spiro atoms. The summed E-state index contributed by atoms with van der Waals surface area (Å²) < 4.78 is 4.79. The van der Waals surface area contributed by atoms with E-state index in [1.54, 1.807) is 0 Å². The van der Waals surface area contributed by atoms with Gasteiger partial charge in [-0.1, -0.05) is 13.5 Å². The molecule has 0 saturated carbocycles. The molecule has 1 N–H and O–H groups in total. The van der Waals surface area contributed by atoms with Gasteiger partial charge in [0.05, 0.1) is 12.9 Å². The minimum absolute atomic E-state index is 0.174. The number of hydrogen-bond donors (Lipinski definition) is 1. The summed E-state index contributed by atoms with van der Waals surface area (Å²) in [5.74, 6) is 0.216. The molecule has 8 heavy (non-hydrogen) atoms. The maximum atomic E-state index is 8.45. The van der Waals surface area contributed by atoms with Gasteiger partial charge in [0.2, 0.25) is 0 Å². The summed E-state index contributed by atoms with van der Waals surface area (Å²) in [5.41, 5.74) is 0. The summed E-state index contributed by atoms with van der Waals surface area (Å²) in [4.78, 5) is 0. The molecule has 2 nitrogen and oxygen atoms in total. The minimum Gasteiger partial charge on any atom is -0.501 e. The van der Waals surface area contributed by atoms with Crippen LogP contribution in [0.15, 0.2) is 12.8 Å². The fourth-order valence-corrected chi connectivity index (χ4v) is 0.285. The van der Waals surface area contributed by atoms with E-state index in [9.17, 15) is 0 Å². The van der Waals surface area contributed by atoms with Gasteiger partial charge in [0, 0.05) is 12.5 Å². The lowest BCUT2D eigenvalue weighted by Gasteiger charge is -2.04. The summed E-state index contributed by atoms with van der Waals surface area (Å²) in [6, 6.07) is 0. The summed E-state index contributed by atoms with van der Waals surface area (Å²) in [5, 5.41) is 8.45. The standard InChI is InChI=1S/C6H12O2/c1-3-8-5-6(2)4-7/h3,6-7H,1,4-5H2,2H3. The molecule has 2 heteroatoms. The molecule has 0 fully saturated rings. The Balaban J connectivity index is 2.97. The van der Waals surface area contributed by atoms with Crippen LogP contribution in [0, 0.1) is 5.92 Å². The van der Waals surface area contributed by atoms with E-state index in [0.717, 1.165) is 0 Å². The number of rotatable bonds is 4. The number of aliphatic hydroxyl groups excluding tert-OH is 1. The van der Waals surface area contributed by atoms with E-state index in [-0.39, 0.29) is 12.5 Å². The van der Waals surface area contributed by atoms with Gasteiger partial charge in [0.15, 0.2) is 0 Å². The fourth-order valence-electron chi connectivity index (χ4n) is 0.285. The Labute approximate surface area is 49.8 Å². The maximum Gasteiger partial charge on any atom is 0.0920 e. The van der Waals surface area contributed by atoms with Crippen LogP contribution in [0.2, 0.25) is 0 Å². The first kappa shape index (κ1) is 7.50. The van der Waals surface area contributed by atoms with Crippen LogP contribution in [0.3, 0.4) is 0 Å². The highest BCUT2D eigenvalue weighted by molar-refractivity contribution is 4.52. The molecule has 0 aromatic heterocycles. The van der Waals surface area contributed by atoms with Gasteiger partial charge in [-0.05, 0) is 0 Å². The van der Waals surface area contributed by atoms with E-state index < -0.39 is 0 Å². The van der Waals surface area contributed by atoms with Crippen LogP contribution in [-0.4, -0.2) is 18.3 Å². The third-order valence-corrected chi connectivity index (χ3v) is 0.810. The van der Waals surface area contributed by atoms with Crippen LogP contribution in [-0.2, 0) is 4.74 Å². The summed E-state index contributed by atoms with van der Waals surface area (Å²) in [7, 11) is 0. The van der Waals surface area contributed by atoms with Crippen LogP contribution < -0.4 is 0 Å². The molecule has 0 rings (SSSR count). The maximum absolute atomic E-state index is 8.45. The minimum atomic E-state index is 0.174. The second-order valence-corrected chi connectivity index (χ2v) is 1.79. The number of ether oxygens (including phenoxy) is 1. The molecule has 0 heterocycles. The van der Waals surface area contributed by atoms with Gasteiger partial charge in [0.25, 0.3) is 0 Å². The second kappa shape index (κ2) is 4.65. The lowest BCUT2D eigenvalue weighted by atomic mass is 10.2. The van der Waals surface area contributed by atoms with Crippen molar-refractivity contribution in [2.75, 3.05) is 13.2 Å². The van der Waals surface area contributed by atoms with Gasteiger partial charge in [-0.3, -0.25) is 0 Å². The molecule has 0 saturated heterocycles. The van der Waals surface area contributed by atoms with Crippen molar-refractivity contribution < 1.29 is 9.84 Å². The lowest BCUT2D eigenvalue weighted by Crippen LogP contribution is -2.06. The van der Waals surface area contributed by atoms with Gasteiger partial charge in [-0.15, -0.1) is 0 Å². The molecular weight excluding hydrogens is 104 g/mol. The Bertz CT molecular complexity index is 61.5. The number of aliphatic hydroxyl groups is 1. The van der Waals surface area contributed by atoms with Crippen LogP contribution >= 0.6 is 0 Å². The number of hydrogen-bond acceptors (Lipinski definition) is 2. The van der Waals surface area contributed by atoms with Crippen molar-refractivity contribution >= 4 is 0 Å². The van der Waals surface area contributed by atoms with Crippen molar-refractivity contribution in [3.63, 3.8) is 0 Å². The monoisotopic (exact) mass is 116 g/mol. The highest BCUT2D eigenvalue weighted by atomic mass is 16.5. The highest BCUT2D eigenvalue weighted by Crippen LogP contribution is 1.91. The molecule has 0 amide bonds. The second-order valence-electron chi connectivity index (χ2n) is 1.79. The van der Waals surface area contributed by atoms with Crippen LogP contribution in [0.4, 0.5) is 0 Å². The van der Waals surface area contributed by atoms with Gasteiger partial charge < -0.3 is 9.84 Å². The topological polar surface area (TPSA) is 29.5 Å². The Hall–Kier alpha value is -0.500. The highest BCUT2D eigenvalue weighted by Gasteiger charge is 1.95. The third kappa shape index (κ3) is 3.68. The van der Waals surface area contributed by atoms with Crippen LogP contribution in [0.5, 0.6) is 0 Å². The predicted molar refractivity (Wildman–Crippen MR) is 32.4 cm³/mol. The smallest absolute Gasteiger partial charge is 0.0920 e. The van der Waals surface area contributed by atoms with Gasteiger partial charge >= 0.3 is 0 Å². The average molecular weight is 116 g/mol. The van der Waals surface area contributed by atoms with Crippen molar-refractivity contribution in [3.05, 3.63) is 12.8 Å². The molecule has 0 aromatic carbocycles. The lowest BCUT2D eigenvalue weighted by molar-refractivity contribution is 0.146. The predicted octanol–water partition coefficient (Wildman–Crippen LogP) is 0.775. The van der Waals surface area contributed by atoms with Crippen molar-refractivity contribution in [1.82, 2.24) is 0 Å². The van der Waals surface area contributed by atoms with E-state index in [1.165, 1.54) is 6.26 Å². The normalized spacial score (nSPS) is 12.8. The zero-order valence-electron chi connectivity index (χ0n) is 5.13. The summed E-state index contributed by atoms with van der Waals surface area (Å²) >= 11 is 0. The molecule has 48 valence electrons. The summed E-state index contributed by atoms with van der Waals surface area (Å²) in [6.45, 7) is 6.00. The summed E-state index contributed by atoms with van der Waals surface area (Å²) in [6.07, 6.45) is 1.38. The molecule has 1 unspecified atom stereocenters. The molecule has 0 aliphatic rings. The van der Waals surface area contributed by atoms with Crippen molar-refractivity contribution in [3.8, 4) is 0 Å². The zero-order valence-corrected chi connectivity index (χ0v) is 5.13. The van der Waals surface area contributed by atoms with Gasteiger partial charge in [0.1, 0.15) is 0 Å². The van der Waals surface area contributed by atoms with E-state index in [1.807, 2.05) is 6.92 Å². The Morgan fingerprint density at radius 1 is 1.88 bits per heavy atom. The first-order valence-electron chi connectivity index (χ1n) is 2.64. The van der Waals surface area contributed by atoms with Crippen molar-refractivity contribution in [2.45, 2.75) is 6.92 Å². The van der Waals surface area contributed by atoms with E-state index in [2.05, 4.69) is 6.58 Å². The molecule has 0 aliphatic carbocycles. The fraction of sp³-hybridized carbons (Fsp3) is 0.667. The van der Waals surface area contributed by atoms with Crippen molar-refractivity contribution in [2.24, 2.45) is 5.92 Å². The first-order valence-corrected chi connectivity index (χ1v) is 2.64. The largest absolute Gasteiger partial charge is 0.501 e. The van der Waals surface area contributed by atoms with Gasteiger partial charge in [-0.25, -0.2) is 0 Å². The third-order valence-electron chi connectivity index (χ3n) is 0.810. The van der Waals surface area contributed by atoms with E-state index in [0.29, 0.717) is 6.61 Å². The Kier molecular flexibility index (Phi) is 4.36. The van der Waals surface area contributed by atoms with Crippen molar-refractivity contribution in [1.29, 1.82) is 0 Å². The Morgan fingerprint density at radius 3 is 2.88 bits per heavy atom. The van der Waals surface area contributed by atoms with Crippen LogP contribution in [0.25, 0.3) is 0 Å². The van der Waals surface area contributed by atoms with E-state index in [4.69, 9.17) is 9.84 Å². The first-order chi connectivity index (χ1) is 3.81. The SMILES string of the molecule is C=COCC(C)CO. The quantitative estimate of drug-likeness (QED) is 0.550. The molecule has 0 radical (unpaired) electrons.